The zero-order valence-electron chi connectivity index (χ0n) is 9.26. The number of hydrogen-bond acceptors (Lipinski definition) is 2. The molecule has 0 saturated heterocycles. The first kappa shape index (κ1) is 12.5. The lowest BCUT2D eigenvalue weighted by Crippen LogP contribution is -2.40. The molecule has 0 aliphatic carbocycles. The molecular weight excluding hydrogens is 254 g/mol. The summed E-state index contributed by atoms with van der Waals surface area (Å²) in [5.41, 5.74) is 0.833. The maximum Gasteiger partial charge on any atom is 0.0661 e. The maximum atomic E-state index is 9.45. The Morgan fingerprint density at radius 1 is 1.27 bits per heavy atom. The minimum atomic E-state index is -0.204. The molecule has 2 N–H and O–H groups in total. The molecule has 0 aliphatic rings. The van der Waals surface area contributed by atoms with E-state index in [1.54, 1.807) is 0 Å². The Morgan fingerprint density at radius 2 is 1.87 bits per heavy atom. The average Bonchev–Trinajstić information content (AvgIpc) is 2.29. The lowest BCUT2D eigenvalue weighted by molar-refractivity contribution is 0.202. The molecule has 0 unspecified atom stereocenters. The van der Waals surface area contributed by atoms with Crippen molar-refractivity contribution in [2.45, 2.75) is 32.2 Å². The van der Waals surface area contributed by atoms with Gasteiger partial charge in [-0.1, -0.05) is 26.0 Å². The number of hydrogen-bond donors (Lipinski definition) is 2. The van der Waals surface area contributed by atoms with Crippen molar-refractivity contribution in [3.05, 3.63) is 28.7 Å². The highest BCUT2D eigenvalue weighted by Gasteiger charge is 2.25. The summed E-state index contributed by atoms with van der Waals surface area (Å²) in [6.07, 6.45) is 1.81. The first-order valence-electron chi connectivity index (χ1n) is 5.31. The molecule has 1 aromatic rings. The summed E-state index contributed by atoms with van der Waals surface area (Å²) in [6.45, 7) is 4.33. The maximum absolute atomic E-state index is 9.45. The second-order valence-electron chi connectivity index (χ2n) is 3.75. The van der Waals surface area contributed by atoms with Gasteiger partial charge in [0.05, 0.1) is 12.1 Å². The highest BCUT2D eigenvalue weighted by atomic mass is 79.9. The molecule has 1 aromatic carbocycles. The molecular formula is C12H18BrNO. The van der Waals surface area contributed by atoms with E-state index in [-0.39, 0.29) is 12.1 Å². The van der Waals surface area contributed by atoms with Gasteiger partial charge in [0.15, 0.2) is 0 Å². The van der Waals surface area contributed by atoms with Crippen molar-refractivity contribution in [2.24, 2.45) is 0 Å². The predicted molar refractivity (Wildman–Crippen MR) is 68.2 cm³/mol. The SMILES string of the molecule is CCC(CC)(CO)Nc1ccccc1Br. The summed E-state index contributed by atoms with van der Waals surface area (Å²) in [4.78, 5) is 0. The predicted octanol–water partition coefficient (Wildman–Crippen LogP) is 3.41. The van der Waals surface area contributed by atoms with Crippen LogP contribution in [0.5, 0.6) is 0 Å². The number of halogens is 1. The van der Waals surface area contributed by atoms with Crippen molar-refractivity contribution >= 4 is 21.6 Å². The Kier molecular flexibility index (Phi) is 4.61. The zero-order valence-corrected chi connectivity index (χ0v) is 10.8. The van der Waals surface area contributed by atoms with Crippen molar-refractivity contribution in [1.29, 1.82) is 0 Å². The van der Waals surface area contributed by atoms with Gasteiger partial charge in [-0.15, -0.1) is 0 Å². The molecule has 0 radical (unpaired) electrons. The van der Waals surface area contributed by atoms with Gasteiger partial charge in [0, 0.05) is 10.2 Å². The standard InChI is InChI=1S/C12H18BrNO/c1-3-12(4-2,9-15)14-11-8-6-5-7-10(11)13/h5-8,14-15H,3-4,9H2,1-2H3. The molecule has 0 saturated carbocycles. The zero-order chi connectivity index (χ0) is 11.3. The smallest absolute Gasteiger partial charge is 0.0661 e. The third kappa shape index (κ3) is 2.95. The average molecular weight is 272 g/mol. The minimum Gasteiger partial charge on any atom is -0.394 e. The van der Waals surface area contributed by atoms with E-state index in [9.17, 15) is 5.11 Å². The largest absolute Gasteiger partial charge is 0.394 e. The molecule has 2 nitrogen and oxygen atoms in total. The Labute approximate surface area is 99.8 Å². The molecule has 0 aromatic heterocycles. The minimum absolute atomic E-state index is 0.154. The van der Waals surface area contributed by atoms with E-state index in [0.717, 1.165) is 23.0 Å². The van der Waals surface area contributed by atoms with Gasteiger partial charge in [0.2, 0.25) is 0 Å². The van der Waals surface area contributed by atoms with E-state index < -0.39 is 0 Å². The van der Waals surface area contributed by atoms with Gasteiger partial charge >= 0.3 is 0 Å². The van der Waals surface area contributed by atoms with E-state index in [4.69, 9.17) is 0 Å². The summed E-state index contributed by atoms with van der Waals surface area (Å²) in [6, 6.07) is 7.98. The van der Waals surface area contributed by atoms with E-state index in [1.807, 2.05) is 24.3 Å². The summed E-state index contributed by atoms with van der Waals surface area (Å²) in [5, 5.41) is 12.9. The molecule has 3 heteroatoms. The molecule has 1 rings (SSSR count). The number of aliphatic hydroxyl groups is 1. The molecule has 15 heavy (non-hydrogen) atoms. The summed E-state index contributed by atoms with van der Waals surface area (Å²) in [5.74, 6) is 0. The van der Waals surface area contributed by atoms with Gasteiger partial charge in [-0.2, -0.15) is 0 Å². The van der Waals surface area contributed by atoms with Crippen LogP contribution in [-0.2, 0) is 0 Å². The van der Waals surface area contributed by atoms with Crippen LogP contribution in [-0.4, -0.2) is 17.3 Å². The highest BCUT2D eigenvalue weighted by molar-refractivity contribution is 9.10. The van der Waals surface area contributed by atoms with Gasteiger partial charge in [-0.3, -0.25) is 0 Å². The van der Waals surface area contributed by atoms with Crippen molar-refractivity contribution in [3.8, 4) is 0 Å². The molecule has 0 fully saturated rings. The van der Waals surface area contributed by atoms with Crippen molar-refractivity contribution in [3.63, 3.8) is 0 Å². The number of benzene rings is 1. The van der Waals surface area contributed by atoms with E-state index >= 15 is 0 Å². The van der Waals surface area contributed by atoms with Crippen molar-refractivity contribution in [1.82, 2.24) is 0 Å². The molecule has 84 valence electrons. The monoisotopic (exact) mass is 271 g/mol. The number of nitrogens with one attached hydrogen (secondary N) is 1. The molecule has 0 heterocycles. The van der Waals surface area contributed by atoms with Crippen LogP contribution in [0.25, 0.3) is 0 Å². The topological polar surface area (TPSA) is 32.3 Å². The van der Waals surface area contributed by atoms with Crippen LogP contribution in [0.15, 0.2) is 28.7 Å². The van der Waals surface area contributed by atoms with Gasteiger partial charge in [0.25, 0.3) is 0 Å². The summed E-state index contributed by atoms with van der Waals surface area (Å²) < 4.78 is 1.03. The summed E-state index contributed by atoms with van der Waals surface area (Å²) >= 11 is 3.49. The molecule has 0 atom stereocenters. The third-order valence-electron chi connectivity index (χ3n) is 2.93. The van der Waals surface area contributed by atoms with Crippen LogP contribution >= 0.6 is 15.9 Å². The third-order valence-corrected chi connectivity index (χ3v) is 3.62. The van der Waals surface area contributed by atoms with Crippen molar-refractivity contribution < 1.29 is 5.11 Å². The second kappa shape index (κ2) is 5.52. The van der Waals surface area contributed by atoms with E-state index in [2.05, 4.69) is 35.1 Å². The van der Waals surface area contributed by atoms with Gasteiger partial charge < -0.3 is 10.4 Å². The van der Waals surface area contributed by atoms with Crippen LogP contribution in [0, 0.1) is 0 Å². The Hall–Kier alpha value is -0.540. The fourth-order valence-corrected chi connectivity index (χ4v) is 1.92. The van der Waals surface area contributed by atoms with Crippen LogP contribution < -0.4 is 5.32 Å². The first-order valence-corrected chi connectivity index (χ1v) is 6.10. The van der Waals surface area contributed by atoms with Crippen LogP contribution in [0.2, 0.25) is 0 Å². The fraction of sp³-hybridized carbons (Fsp3) is 0.500. The Balaban J connectivity index is 2.88. The number of anilines is 1. The molecule has 0 aliphatic heterocycles. The van der Waals surface area contributed by atoms with Gasteiger partial charge in [0.1, 0.15) is 0 Å². The molecule has 0 bridgehead atoms. The molecule has 0 spiro atoms. The lowest BCUT2D eigenvalue weighted by atomic mass is 9.93. The van der Waals surface area contributed by atoms with E-state index in [0.29, 0.717) is 0 Å². The summed E-state index contributed by atoms with van der Waals surface area (Å²) in [7, 11) is 0. The number of rotatable bonds is 5. The van der Waals surface area contributed by atoms with Crippen LogP contribution in [0.3, 0.4) is 0 Å². The van der Waals surface area contributed by atoms with Gasteiger partial charge in [-0.25, -0.2) is 0 Å². The number of para-hydroxylation sites is 1. The highest BCUT2D eigenvalue weighted by Crippen LogP contribution is 2.27. The second-order valence-corrected chi connectivity index (χ2v) is 4.60. The van der Waals surface area contributed by atoms with Crippen molar-refractivity contribution in [2.75, 3.05) is 11.9 Å². The van der Waals surface area contributed by atoms with E-state index in [1.165, 1.54) is 0 Å². The Morgan fingerprint density at radius 3 is 2.33 bits per heavy atom. The van der Waals surface area contributed by atoms with Crippen LogP contribution in [0.4, 0.5) is 5.69 Å². The fourth-order valence-electron chi connectivity index (χ4n) is 1.54. The molecule has 0 amide bonds. The van der Waals surface area contributed by atoms with Gasteiger partial charge in [-0.05, 0) is 40.9 Å². The number of aliphatic hydroxyl groups excluding tert-OH is 1. The normalized spacial score (nSPS) is 11.5. The lowest BCUT2D eigenvalue weighted by Gasteiger charge is -2.32. The Bertz CT molecular complexity index is 302. The first-order chi connectivity index (χ1) is 7.17. The quantitative estimate of drug-likeness (QED) is 0.860. The van der Waals surface area contributed by atoms with Crippen LogP contribution in [0.1, 0.15) is 26.7 Å².